The van der Waals surface area contributed by atoms with Crippen LogP contribution in [0.15, 0.2) is 28.7 Å². The highest BCUT2D eigenvalue weighted by Gasteiger charge is 2.22. The lowest BCUT2D eigenvalue weighted by Gasteiger charge is -2.23. The Morgan fingerprint density at radius 2 is 2.17 bits per heavy atom. The summed E-state index contributed by atoms with van der Waals surface area (Å²) >= 11 is 6.72. The van der Waals surface area contributed by atoms with E-state index in [1.165, 1.54) is 12.8 Å². The minimum atomic E-state index is 0.0976. The molecule has 2 aromatic rings. The van der Waals surface area contributed by atoms with Gasteiger partial charge in [-0.2, -0.15) is 11.8 Å². The van der Waals surface area contributed by atoms with Gasteiger partial charge in [-0.15, -0.1) is 5.10 Å². The smallest absolute Gasteiger partial charge is 0.284 e. The average molecular weight is 349 g/mol. The molecule has 0 bridgehead atoms. The standard InChI is InChI=1S/C16H19N3O2S2/c1-23-13-4-2-3-9-19(10-13)15(20)12-7-5-11(6-8-12)14-17-18-16(22)21-14/h5-8,13H,2-4,9-10H2,1H3,(H,18,22)/t13-/m0/s1. The van der Waals surface area contributed by atoms with E-state index in [2.05, 4.69) is 16.5 Å². The molecule has 5 nitrogen and oxygen atoms in total. The quantitative estimate of drug-likeness (QED) is 0.855. The predicted molar refractivity (Wildman–Crippen MR) is 94.2 cm³/mol. The molecule has 1 aromatic heterocycles. The van der Waals surface area contributed by atoms with Crippen molar-refractivity contribution >= 4 is 29.9 Å². The summed E-state index contributed by atoms with van der Waals surface area (Å²) in [5, 5.41) is 7.12. The highest BCUT2D eigenvalue weighted by atomic mass is 32.2. The maximum Gasteiger partial charge on any atom is 0.284 e. The van der Waals surface area contributed by atoms with E-state index in [4.69, 9.17) is 16.6 Å². The number of aromatic amines is 1. The molecule has 1 aliphatic rings. The van der Waals surface area contributed by atoms with Crippen molar-refractivity contribution in [3.63, 3.8) is 0 Å². The van der Waals surface area contributed by atoms with Crippen molar-refractivity contribution in [2.75, 3.05) is 19.3 Å². The van der Waals surface area contributed by atoms with E-state index in [-0.39, 0.29) is 10.7 Å². The lowest BCUT2D eigenvalue weighted by molar-refractivity contribution is 0.0763. The average Bonchev–Trinajstić information content (AvgIpc) is 2.87. The number of H-pyrrole nitrogens is 1. The fourth-order valence-electron chi connectivity index (χ4n) is 2.77. The first-order valence-electron chi connectivity index (χ1n) is 7.65. The van der Waals surface area contributed by atoms with Crippen molar-refractivity contribution in [3.05, 3.63) is 34.7 Å². The lowest BCUT2D eigenvalue weighted by Crippen LogP contribution is -2.35. The molecule has 1 N–H and O–H groups in total. The molecule has 0 radical (unpaired) electrons. The molecular formula is C16H19N3O2S2. The normalized spacial score (nSPS) is 18.7. The summed E-state index contributed by atoms with van der Waals surface area (Å²) in [4.78, 5) is 14.9. The van der Waals surface area contributed by atoms with Gasteiger partial charge in [-0.05, 0) is 55.6 Å². The van der Waals surface area contributed by atoms with E-state index < -0.39 is 0 Å². The molecule has 122 valence electrons. The van der Waals surface area contributed by atoms with Gasteiger partial charge in [-0.1, -0.05) is 6.42 Å². The van der Waals surface area contributed by atoms with Crippen LogP contribution in [-0.2, 0) is 0 Å². The van der Waals surface area contributed by atoms with E-state index in [0.717, 1.165) is 25.1 Å². The molecule has 1 aromatic carbocycles. The molecule has 23 heavy (non-hydrogen) atoms. The summed E-state index contributed by atoms with van der Waals surface area (Å²) < 4.78 is 5.28. The molecule has 1 fully saturated rings. The highest BCUT2D eigenvalue weighted by molar-refractivity contribution is 7.99. The fourth-order valence-corrected chi connectivity index (χ4v) is 3.63. The molecule has 1 aliphatic heterocycles. The largest absolute Gasteiger partial charge is 0.409 e. The maximum atomic E-state index is 12.7. The Morgan fingerprint density at radius 1 is 1.39 bits per heavy atom. The van der Waals surface area contributed by atoms with Gasteiger partial charge < -0.3 is 9.32 Å². The van der Waals surface area contributed by atoms with E-state index >= 15 is 0 Å². The Morgan fingerprint density at radius 3 is 2.83 bits per heavy atom. The number of rotatable bonds is 3. The van der Waals surface area contributed by atoms with Crippen molar-refractivity contribution < 1.29 is 9.21 Å². The van der Waals surface area contributed by atoms with Gasteiger partial charge in [0.2, 0.25) is 5.89 Å². The molecule has 1 saturated heterocycles. The minimum Gasteiger partial charge on any atom is -0.409 e. The molecule has 1 atom stereocenters. The van der Waals surface area contributed by atoms with Crippen LogP contribution in [0, 0.1) is 4.84 Å². The number of amides is 1. The third-order valence-electron chi connectivity index (χ3n) is 4.07. The Bertz CT molecular complexity index is 723. The number of nitrogens with one attached hydrogen (secondary N) is 1. The fraction of sp³-hybridized carbons (Fsp3) is 0.438. The molecule has 2 heterocycles. The third-order valence-corrected chi connectivity index (χ3v) is 5.29. The molecule has 7 heteroatoms. The molecule has 0 unspecified atom stereocenters. The second kappa shape index (κ2) is 7.31. The van der Waals surface area contributed by atoms with Crippen LogP contribution < -0.4 is 0 Å². The zero-order valence-electron chi connectivity index (χ0n) is 12.9. The Balaban J connectivity index is 1.75. The van der Waals surface area contributed by atoms with Crippen LogP contribution >= 0.6 is 24.0 Å². The van der Waals surface area contributed by atoms with Crippen molar-refractivity contribution in [1.82, 2.24) is 15.1 Å². The summed E-state index contributed by atoms with van der Waals surface area (Å²) in [7, 11) is 0. The first kappa shape index (κ1) is 16.3. The number of likely N-dealkylation sites (tertiary alicyclic amines) is 1. The maximum absolute atomic E-state index is 12.7. The highest BCUT2D eigenvalue weighted by Crippen LogP contribution is 2.22. The summed E-state index contributed by atoms with van der Waals surface area (Å²) in [5.74, 6) is 0.534. The van der Waals surface area contributed by atoms with Crippen LogP contribution in [0.25, 0.3) is 11.5 Å². The zero-order chi connectivity index (χ0) is 16.2. The predicted octanol–water partition coefficient (Wildman–Crippen LogP) is 3.76. The summed E-state index contributed by atoms with van der Waals surface area (Å²) in [6.45, 7) is 1.67. The molecular weight excluding hydrogens is 330 g/mol. The number of thioether (sulfide) groups is 1. The summed E-state index contributed by atoms with van der Waals surface area (Å²) in [5.41, 5.74) is 1.50. The second-order valence-corrected chi connectivity index (χ2v) is 7.11. The summed E-state index contributed by atoms with van der Waals surface area (Å²) in [6.07, 6.45) is 5.58. The van der Waals surface area contributed by atoms with E-state index in [0.29, 0.717) is 16.7 Å². The zero-order valence-corrected chi connectivity index (χ0v) is 14.6. The monoisotopic (exact) mass is 349 g/mol. The van der Waals surface area contributed by atoms with Crippen molar-refractivity contribution in [3.8, 4) is 11.5 Å². The Labute approximate surface area is 144 Å². The third kappa shape index (κ3) is 3.84. The topological polar surface area (TPSA) is 62.1 Å². The Kier molecular flexibility index (Phi) is 5.17. The molecule has 0 spiro atoms. The SMILES string of the molecule is CS[C@H]1CCCCN(C(=O)c2ccc(-c3n[nH]c(=S)o3)cc2)C1. The van der Waals surface area contributed by atoms with Crippen LogP contribution in [0.4, 0.5) is 0 Å². The number of benzene rings is 1. The van der Waals surface area contributed by atoms with Gasteiger partial charge >= 0.3 is 0 Å². The van der Waals surface area contributed by atoms with E-state index in [1.807, 2.05) is 40.9 Å². The molecule has 3 rings (SSSR count). The van der Waals surface area contributed by atoms with E-state index in [1.54, 1.807) is 0 Å². The van der Waals surface area contributed by atoms with Gasteiger partial charge in [0, 0.05) is 29.5 Å². The van der Waals surface area contributed by atoms with Crippen LogP contribution in [-0.4, -0.2) is 45.6 Å². The van der Waals surface area contributed by atoms with Crippen molar-refractivity contribution in [2.24, 2.45) is 0 Å². The number of nitrogens with zero attached hydrogens (tertiary/aromatic N) is 2. The van der Waals surface area contributed by atoms with Gasteiger partial charge in [0.1, 0.15) is 0 Å². The summed E-state index contributed by atoms with van der Waals surface area (Å²) in [6, 6.07) is 7.32. The van der Waals surface area contributed by atoms with Crippen LogP contribution in [0.5, 0.6) is 0 Å². The van der Waals surface area contributed by atoms with Gasteiger partial charge in [0.05, 0.1) is 0 Å². The van der Waals surface area contributed by atoms with E-state index in [9.17, 15) is 4.79 Å². The number of hydrogen-bond acceptors (Lipinski definition) is 5. The van der Waals surface area contributed by atoms with Crippen LogP contribution in [0.1, 0.15) is 29.6 Å². The van der Waals surface area contributed by atoms with Crippen LogP contribution in [0.2, 0.25) is 0 Å². The number of carbonyl (C=O) groups excluding carboxylic acids is 1. The first-order valence-corrected chi connectivity index (χ1v) is 9.35. The van der Waals surface area contributed by atoms with Crippen LogP contribution in [0.3, 0.4) is 0 Å². The second-order valence-electron chi connectivity index (χ2n) is 5.60. The minimum absolute atomic E-state index is 0.0976. The van der Waals surface area contributed by atoms with Gasteiger partial charge in [0.25, 0.3) is 10.7 Å². The molecule has 0 saturated carbocycles. The number of carbonyl (C=O) groups is 1. The van der Waals surface area contributed by atoms with Crippen molar-refractivity contribution in [2.45, 2.75) is 24.5 Å². The van der Waals surface area contributed by atoms with Crippen molar-refractivity contribution in [1.29, 1.82) is 0 Å². The lowest BCUT2D eigenvalue weighted by atomic mass is 10.1. The molecule has 0 aliphatic carbocycles. The molecule has 1 amide bonds. The Hall–Kier alpha value is -1.60. The number of hydrogen-bond donors (Lipinski definition) is 1. The first-order chi connectivity index (χ1) is 11.2. The number of aromatic nitrogens is 2. The van der Waals surface area contributed by atoms with Gasteiger partial charge in [0.15, 0.2) is 0 Å². The van der Waals surface area contributed by atoms with Gasteiger partial charge in [-0.25, -0.2) is 5.10 Å². The van der Waals surface area contributed by atoms with Gasteiger partial charge in [-0.3, -0.25) is 4.79 Å².